The Bertz CT molecular complexity index is 564. The molecule has 2 N–H and O–H groups in total. The van der Waals surface area contributed by atoms with Crippen molar-refractivity contribution in [2.24, 2.45) is 4.99 Å². The van der Waals surface area contributed by atoms with Crippen molar-refractivity contribution in [3.05, 3.63) is 29.8 Å². The lowest BCUT2D eigenvalue weighted by Crippen LogP contribution is -2.44. The van der Waals surface area contributed by atoms with E-state index in [9.17, 15) is 4.79 Å². The van der Waals surface area contributed by atoms with E-state index in [1.165, 1.54) is 0 Å². The molecule has 6 heteroatoms. The van der Waals surface area contributed by atoms with Gasteiger partial charge in [0.05, 0.1) is 13.1 Å². The summed E-state index contributed by atoms with van der Waals surface area (Å²) in [6.45, 7) is 5.42. The van der Waals surface area contributed by atoms with Gasteiger partial charge in [0.15, 0.2) is 5.96 Å². The van der Waals surface area contributed by atoms with Crippen molar-refractivity contribution in [1.82, 2.24) is 15.5 Å². The summed E-state index contributed by atoms with van der Waals surface area (Å²) in [7, 11) is 4.05. The number of likely N-dealkylation sites (tertiary alicyclic amines) is 1. The molecule has 1 aliphatic heterocycles. The standard InChI is InChI=1S/C18H29N5O/c1-4-19-18(21-14-17(24)23-10-5-6-11-23)20-13-15-8-7-9-16(12-15)22(2)3/h7-9,12H,4-6,10-11,13-14H2,1-3H3,(H2,19,20,21). The van der Waals surface area contributed by atoms with Gasteiger partial charge in [0.2, 0.25) is 5.91 Å². The van der Waals surface area contributed by atoms with Gasteiger partial charge in [-0.25, -0.2) is 4.99 Å². The Hall–Kier alpha value is -2.24. The lowest BCUT2D eigenvalue weighted by molar-refractivity contribution is -0.128. The Labute approximate surface area is 144 Å². The van der Waals surface area contributed by atoms with Crippen LogP contribution < -0.4 is 15.5 Å². The van der Waals surface area contributed by atoms with Crippen LogP contribution in [0.3, 0.4) is 0 Å². The molecular formula is C18H29N5O. The topological polar surface area (TPSA) is 60.0 Å². The largest absolute Gasteiger partial charge is 0.378 e. The summed E-state index contributed by atoms with van der Waals surface area (Å²) in [6.07, 6.45) is 2.23. The third-order valence-corrected chi connectivity index (χ3v) is 4.06. The molecule has 0 saturated carbocycles. The van der Waals surface area contributed by atoms with Gasteiger partial charge in [0.25, 0.3) is 0 Å². The van der Waals surface area contributed by atoms with E-state index in [4.69, 9.17) is 0 Å². The Kier molecular flexibility index (Phi) is 6.90. The molecule has 0 aliphatic carbocycles. The predicted molar refractivity (Wildman–Crippen MR) is 99.4 cm³/mol. The lowest BCUT2D eigenvalue weighted by Gasteiger charge is -2.17. The van der Waals surface area contributed by atoms with Gasteiger partial charge in [0, 0.05) is 39.4 Å². The molecule has 0 aromatic heterocycles. The highest BCUT2D eigenvalue weighted by molar-refractivity contribution is 5.86. The minimum absolute atomic E-state index is 0.146. The van der Waals surface area contributed by atoms with Crippen molar-refractivity contribution >= 4 is 17.6 Å². The molecule has 0 bridgehead atoms. The van der Waals surface area contributed by atoms with Crippen LogP contribution in [-0.4, -0.2) is 57.0 Å². The molecule has 1 heterocycles. The summed E-state index contributed by atoms with van der Waals surface area (Å²) in [5.74, 6) is 0.827. The Morgan fingerprint density at radius 1 is 1.25 bits per heavy atom. The van der Waals surface area contributed by atoms with E-state index in [0.29, 0.717) is 19.0 Å². The SMILES string of the molecule is CCNC(=NCc1cccc(N(C)C)c1)NCC(=O)N1CCCC1. The summed E-state index contributed by atoms with van der Waals surface area (Å²) in [6, 6.07) is 8.31. The maximum Gasteiger partial charge on any atom is 0.241 e. The fourth-order valence-corrected chi connectivity index (χ4v) is 2.68. The van der Waals surface area contributed by atoms with Crippen molar-refractivity contribution < 1.29 is 4.79 Å². The summed E-state index contributed by atoms with van der Waals surface area (Å²) >= 11 is 0. The molecule has 0 radical (unpaired) electrons. The highest BCUT2D eigenvalue weighted by atomic mass is 16.2. The van der Waals surface area contributed by atoms with Crippen molar-refractivity contribution in [3.63, 3.8) is 0 Å². The normalized spacial score (nSPS) is 14.6. The van der Waals surface area contributed by atoms with E-state index in [2.05, 4.69) is 38.7 Å². The smallest absolute Gasteiger partial charge is 0.241 e. The van der Waals surface area contributed by atoms with E-state index in [0.717, 1.165) is 43.7 Å². The molecule has 1 fully saturated rings. The van der Waals surface area contributed by atoms with E-state index in [1.807, 2.05) is 32.0 Å². The Morgan fingerprint density at radius 3 is 2.67 bits per heavy atom. The minimum atomic E-state index is 0.146. The number of hydrogen-bond acceptors (Lipinski definition) is 3. The number of carbonyl (C=O) groups excluding carboxylic acids is 1. The van der Waals surface area contributed by atoms with Gasteiger partial charge in [-0.1, -0.05) is 12.1 Å². The van der Waals surface area contributed by atoms with E-state index in [1.54, 1.807) is 0 Å². The summed E-state index contributed by atoms with van der Waals surface area (Å²) < 4.78 is 0. The molecule has 6 nitrogen and oxygen atoms in total. The first-order valence-electron chi connectivity index (χ1n) is 8.66. The predicted octanol–water partition coefficient (Wildman–Crippen LogP) is 1.43. The van der Waals surface area contributed by atoms with Crippen molar-refractivity contribution in [3.8, 4) is 0 Å². The van der Waals surface area contributed by atoms with Crippen LogP contribution in [0.1, 0.15) is 25.3 Å². The first-order valence-corrected chi connectivity index (χ1v) is 8.66. The number of anilines is 1. The van der Waals surface area contributed by atoms with Gasteiger partial charge in [-0.3, -0.25) is 4.79 Å². The number of nitrogens with one attached hydrogen (secondary N) is 2. The molecule has 0 spiro atoms. The highest BCUT2D eigenvalue weighted by Gasteiger charge is 2.17. The van der Waals surface area contributed by atoms with Gasteiger partial charge < -0.3 is 20.4 Å². The fraction of sp³-hybridized carbons (Fsp3) is 0.556. The number of rotatable bonds is 6. The third-order valence-electron chi connectivity index (χ3n) is 4.06. The van der Waals surface area contributed by atoms with Gasteiger partial charge in [-0.2, -0.15) is 0 Å². The highest BCUT2D eigenvalue weighted by Crippen LogP contribution is 2.14. The molecule has 0 unspecified atom stereocenters. The quantitative estimate of drug-likeness (QED) is 0.612. The third kappa shape index (κ3) is 5.44. The lowest BCUT2D eigenvalue weighted by atomic mass is 10.2. The summed E-state index contributed by atoms with van der Waals surface area (Å²) in [4.78, 5) is 20.7. The molecule has 0 atom stereocenters. The van der Waals surface area contributed by atoms with Crippen LogP contribution in [-0.2, 0) is 11.3 Å². The number of aliphatic imine (C=N–C) groups is 1. The second-order valence-electron chi connectivity index (χ2n) is 6.20. The fourth-order valence-electron chi connectivity index (χ4n) is 2.68. The molecule has 132 valence electrons. The first kappa shape index (κ1) is 18.1. The number of amides is 1. The van der Waals surface area contributed by atoms with Crippen LogP contribution in [0, 0.1) is 0 Å². The van der Waals surface area contributed by atoms with Crippen LogP contribution in [0.25, 0.3) is 0 Å². The zero-order chi connectivity index (χ0) is 17.4. The van der Waals surface area contributed by atoms with E-state index >= 15 is 0 Å². The molecule has 1 saturated heterocycles. The van der Waals surface area contributed by atoms with Gasteiger partial charge in [-0.15, -0.1) is 0 Å². The number of nitrogens with zero attached hydrogens (tertiary/aromatic N) is 3. The summed E-state index contributed by atoms with van der Waals surface area (Å²) in [5.41, 5.74) is 2.30. The van der Waals surface area contributed by atoms with Crippen LogP contribution in [0.5, 0.6) is 0 Å². The van der Waals surface area contributed by atoms with Gasteiger partial charge >= 0.3 is 0 Å². The molecule has 1 aromatic carbocycles. The molecule has 2 rings (SSSR count). The maximum absolute atomic E-state index is 12.1. The minimum Gasteiger partial charge on any atom is -0.378 e. The number of hydrogen-bond donors (Lipinski definition) is 2. The zero-order valence-corrected chi connectivity index (χ0v) is 15.0. The second-order valence-corrected chi connectivity index (χ2v) is 6.20. The van der Waals surface area contributed by atoms with Crippen molar-refractivity contribution in [2.45, 2.75) is 26.3 Å². The Balaban J connectivity index is 1.92. The number of guanidine groups is 1. The monoisotopic (exact) mass is 331 g/mol. The van der Waals surface area contributed by atoms with Crippen LogP contribution in [0.2, 0.25) is 0 Å². The number of benzene rings is 1. The molecule has 1 aliphatic rings. The average molecular weight is 331 g/mol. The Morgan fingerprint density at radius 2 is 2.00 bits per heavy atom. The van der Waals surface area contributed by atoms with Crippen LogP contribution >= 0.6 is 0 Å². The summed E-state index contributed by atoms with van der Waals surface area (Å²) in [5, 5.41) is 6.34. The molecule has 1 aromatic rings. The molecule has 24 heavy (non-hydrogen) atoms. The first-order chi connectivity index (χ1) is 11.6. The molecular weight excluding hydrogens is 302 g/mol. The molecule has 1 amide bonds. The van der Waals surface area contributed by atoms with Crippen molar-refractivity contribution in [1.29, 1.82) is 0 Å². The van der Waals surface area contributed by atoms with Crippen molar-refractivity contribution in [2.75, 3.05) is 45.2 Å². The average Bonchev–Trinajstić information content (AvgIpc) is 3.12. The van der Waals surface area contributed by atoms with Crippen LogP contribution in [0.4, 0.5) is 5.69 Å². The van der Waals surface area contributed by atoms with Crippen LogP contribution in [0.15, 0.2) is 29.3 Å². The van der Waals surface area contributed by atoms with Gasteiger partial charge in [0.1, 0.15) is 0 Å². The zero-order valence-electron chi connectivity index (χ0n) is 15.0. The van der Waals surface area contributed by atoms with E-state index < -0.39 is 0 Å². The van der Waals surface area contributed by atoms with Gasteiger partial charge in [-0.05, 0) is 37.5 Å². The van der Waals surface area contributed by atoms with E-state index in [-0.39, 0.29) is 5.91 Å². The number of carbonyl (C=O) groups is 1. The maximum atomic E-state index is 12.1. The second kappa shape index (κ2) is 9.15.